The molecule has 2 aromatic carbocycles. The molecule has 1 saturated heterocycles. The highest BCUT2D eigenvalue weighted by atomic mass is 16.5. The number of hydrogen-bond donors (Lipinski definition) is 1. The van der Waals surface area contributed by atoms with E-state index in [9.17, 15) is 19.2 Å². The zero-order valence-electron chi connectivity index (χ0n) is 18.4. The second-order valence-electron chi connectivity index (χ2n) is 8.95. The molecule has 1 heterocycles. The summed E-state index contributed by atoms with van der Waals surface area (Å²) < 4.78 is 5.14. The summed E-state index contributed by atoms with van der Waals surface area (Å²) in [6.07, 6.45) is 4.98. The van der Waals surface area contributed by atoms with Gasteiger partial charge in [-0.2, -0.15) is 0 Å². The Bertz CT molecular complexity index is 1150. The fourth-order valence-corrected chi connectivity index (χ4v) is 5.30. The lowest BCUT2D eigenvalue weighted by Gasteiger charge is -2.17. The summed E-state index contributed by atoms with van der Waals surface area (Å²) in [4.78, 5) is 51.7. The van der Waals surface area contributed by atoms with Crippen molar-refractivity contribution in [2.24, 2.45) is 23.7 Å². The number of ether oxygens (including phenoxy) is 1. The quantitative estimate of drug-likeness (QED) is 0.433. The van der Waals surface area contributed by atoms with Crippen LogP contribution in [-0.2, 0) is 19.1 Å². The van der Waals surface area contributed by atoms with Crippen molar-refractivity contribution in [3.63, 3.8) is 0 Å². The minimum absolute atomic E-state index is 0.144. The standard InChI is InChI=1S/C26H24N2O5/c1-14-4-3-5-15(2)23(14)27-20(29)13-33-26(32)16-8-10-19(11-9-16)28-24(30)21-17-6-7-18(12-17)22(21)25(28)31/h3-11,17-18,21-22H,12-13H2,1-2H3,(H,27,29)/t17-,18-,21+,22+/m0/s1. The molecule has 2 bridgehead atoms. The predicted molar refractivity (Wildman–Crippen MR) is 121 cm³/mol. The molecule has 7 heteroatoms. The number of nitrogens with zero attached hydrogens (tertiary/aromatic N) is 1. The Labute approximate surface area is 191 Å². The monoisotopic (exact) mass is 444 g/mol. The van der Waals surface area contributed by atoms with Gasteiger partial charge >= 0.3 is 5.97 Å². The van der Waals surface area contributed by atoms with E-state index in [0.717, 1.165) is 17.5 Å². The number of carbonyl (C=O) groups is 4. The summed E-state index contributed by atoms with van der Waals surface area (Å²) >= 11 is 0. The molecule has 3 aliphatic rings. The van der Waals surface area contributed by atoms with Crippen molar-refractivity contribution < 1.29 is 23.9 Å². The average molecular weight is 444 g/mol. The van der Waals surface area contributed by atoms with Crippen molar-refractivity contribution in [1.82, 2.24) is 0 Å². The van der Waals surface area contributed by atoms with Gasteiger partial charge in [0.1, 0.15) is 0 Å². The van der Waals surface area contributed by atoms with E-state index in [1.807, 2.05) is 32.0 Å². The van der Waals surface area contributed by atoms with Gasteiger partial charge in [-0.3, -0.25) is 19.3 Å². The van der Waals surface area contributed by atoms with Gasteiger partial charge in [-0.05, 0) is 67.5 Å². The maximum absolute atomic E-state index is 12.9. The average Bonchev–Trinajstić information content (AvgIpc) is 3.48. The second kappa shape index (κ2) is 7.99. The fraction of sp³-hybridized carbons (Fsp3) is 0.308. The lowest BCUT2D eigenvalue weighted by molar-refractivity contribution is -0.123. The summed E-state index contributed by atoms with van der Waals surface area (Å²) in [5.74, 6) is -1.67. The van der Waals surface area contributed by atoms with Gasteiger partial charge in [-0.25, -0.2) is 4.79 Å². The van der Waals surface area contributed by atoms with Crippen molar-refractivity contribution >= 4 is 35.1 Å². The van der Waals surface area contributed by atoms with Crippen LogP contribution >= 0.6 is 0 Å². The van der Waals surface area contributed by atoms with E-state index in [4.69, 9.17) is 4.74 Å². The third-order valence-corrected chi connectivity index (χ3v) is 6.91. The van der Waals surface area contributed by atoms with E-state index in [-0.39, 0.29) is 41.0 Å². The first kappa shape index (κ1) is 21.1. The van der Waals surface area contributed by atoms with E-state index in [1.54, 1.807) is 12.1 Å². The predicted octanol–water partition coefficient (Wildman–Crippen LogP) is 3.41. The van der Waals surface area contributed by atoms with Gasteiger partial charge in [-0.15, -0.1) is 0 Å². The third-order valence-electron chi connectivity index (χ3n) is 6.91. The molecular formula is C26H24N2O5. The number of allylic oxidation sites excluding steroid dienone is 2. The number of anilines is 2. The highest BCUT2D eigenvalue weighted by molar-refractivity contribution is 6.22. The van der Waals surface area contributed by atoms with E-state index >= 15 is 0 Å². The van der Waals surface area contributed by atoms with E-state index in [1.165, 1.54) is 17.0 Å². The number of para-hydroxylation sites is 1. The zero-order valence-corrected chi connectivity index (χ0v) is 18.4. The number of nitrogens with one attached hydrogen (secondary N) is 1. The topological polar surface area (TPSA) is 92.8 Å². The zero-order chi connectivity index (χ0) is 23.3. The normalized spacial score (nSPS) is 24.8. The van der Waals surface area contributed by atoms with Crippen molar-refractivity contribution in [2.45, 2.75) is 20.3 Å². The molecule has 33 heavy (non-hydrogen) atoms. The minimum atomic E-state index is -0.656. The van der Waals surface area contributed by atoms with Gasteiger partial charge in [0.2, 0.25) is 11.8 Å². The molecule has 2 aromatic rings. The number of fused-ring (bicyclic) bond motifs is 5. The summed E-state index contributed by atoms with van der Waals surface area (Å²) in [7, 11) is 0. The number of hydrogen-bond acceptors (Lipinski definition) is 5. The van der Waals surface area contributed by atoms with Crippen molar-refractivity contribution in [3.05, 3.63) is 71.3 Å². The SMILES string of the molecule is Cc1cccc(C)c1NC(=O)COC(=O)c1ccc(N2C(=O)[C@H]3[C@H](C2=O)[C@H]2C=C[C@H]3C2)cc1. The van der Waals surface area contributed by atoms with Gasteiger partial charge in [0.25, 0.3) is 5.91 Å². The Hall–Kier alpha value is -3.74. The highest BCUT2D eigenvalue weighted by Gasteiger charge is 2.59. The van der Waals surface area contributed by atoms with Gasteiger partial charge < -0.3 is 10.1 Å². The Balaban J connectivity index is 1.21. The molecule has 0 radical (unpaired) electrons. The van der Waals surface area contributed by atoms with Gasteiger partial charge in [0.15, 0.2) is 6.61 Å². The molecule has 2 fully saturated rings. The fourth-order valence-electron chi connectivity index (χ4n) is 5.30. The summed E-state index contributed by atoms with van der Waals surface area (Å²) in [6.45, 7) is 3.36. The highest BCUT2D eigenvalue weighted by Crippen LogP contribution is 2.53. The number of imide groups is 1. The van der Waals surface area contributed by atoms with Crippen LogP contribution < -0.4 is 10.2 Å². The van der Waals surface area contributed by atoms with Crippen LogP contribution in [0.1, 0.15) is 27.9 Å². The Morgan fingerprint density at radius 3 is 2.09 bits per heavy atom. The van der Waals surface area contributed by atoms with E-state index < -0.39 is 18.5 Å². The molecule has 4 atom stereocenters. The number of benzene rings is 2. The summed E-state index contributed by atoms with van der Waals surface area (Å²) in [5, 5.41) is 2.77. The molecule has 7 nitrogen and oxygen atoms in total. The molecule has 5 rings (SSSR count). The van der Waals surface area contributed by atoms with Crippen molar-refractivity contribution in [2.75, 3.05) is 16.8 Å². The van der Waals surface area contributed by atoms with E-state index in [2.05, 4.69) is 17.5 Å². The number of aryl methyl sites for hydroxylation is 2. The molecule has 0 unspecified atom stereocenters. The smallest absolute Gasteiger partial charge is 0.338 e. The van der Waals surface area contributed by atoms with Crippen LogP contribution in [0.3, 0.4) is 0 Å². The molecule has 0 aromatic heterocycles. The molecule has 1 saturated carbocycles. The first-order valence-corrected chi connectivity index (χ1v) is 11.0. The van der Waals surface area contributed by atoms with Gasteiger partial charge in [-0.1, -0.05) is 30.4 Å². The number of rotatable bonds is 5. The van der Waals surface area contributed by atoms with E-state index in [0.29, 0.717) is 11.4 Å². The molecule has 3 amide bonds. The van der Waals surface area contributed by atoms with Crippen LogP contribution in [0.25, 0.3) is 0 Å². The summed E-state index contributed by atoms with van der Waals surface area (Å²) in [5.41, 5.74) is 3.23. The first-order valence-electron chi connectivity index (χ1n) is 11.0. The minimum Gasteiger partial charge on any atom is -0.452 e. The third kappa shape index (κ3) is 3.53. The first-order chi connectivity index (χ1) is 15.8. The second-order valence-corrected chi connectivity index (χ2v) is 8.95. The van der Waals surface area contributed by atoms with Crippen molar-refractivity contribution in [1.29, 1.82) is 0 Å². The number of amides is 3. The lowest BCUT2D eigenvalue weighted by Crippen LogP contribution is -2.32. The van der Waals surface area contributed by atoms with Gasteiger partial charge in [0.05, 0.1) is 23.1 Å². The lowest BCUT2D eigenvalue weighted by atomic mass is 9.85. The molecule has 0 spiro atoms. The van der Waals surface area contributed by atoms with Crippen LogP contribution in [-0.4, -0.2) is 30.3 Å². The largest absolute Gasteiger partial charge is 0.452 e. The number of carbonyl (C=O) groups excluding carboxylic acids is 4. The number of esters is 1. The molecule has 2 aliphatic carbocycles. The van der Waals surface area contributed by atoms with Crippen LogP contribution in [0.5, 0.6) is 0 Å². The van der Waals surface area contributed by atoms with Crippen molar-refractivity contribution in [3.8, 4) is 0 Å². The molecular weight excluding hydrogens is 420 g/mol. The molecule has 168 valence electrons. The maximum Gasteiger partial charge on any atom is 0.338 e. The van der Waals surface area contributed by atoms with Crippen LogP contribution in [0.2, 0.25) is 0 Å². The Morgan fingerprint density at radius 1 is 0.939 bits per heavy atom. The van der Waals surface area contributed by atoms with Crippen LogP contribution in [0.15, 0.2) is 54.6 Å². The van der Waals surface area contributed by atoms with Gasteiger partial charge in [0, 0.05) is 5.69 Å². The molecule has 1 N–H and O–H groups in total. The maximum atomic E-state index is 12.9. The van der Waals surface area contributed by atoms with Crippen LogP contribution in [0.4, 0.5) is 11.4 Å². The van der Waals surface area contributed by atoms with Crippen LogP contribution in [0, 0.1) is 37.5 Å². The Morgan fingerprint density at radius 2 is 1.52 bits per heavy atom. The molecule has 1 aliphatic heterocycles. The summed E-state index contributed by atoms with van der Waals surface area (Å²) in [6, 6.07) is 11.8. The Kier molecular flexibility index (Phi) is 5.12.